The Morgan fingerprint density at radius 2 is 2.04 bits per heavy atom. The largest absolute Gasteiger partial charge is 0.381 e. The summed E-state index contributed by atoms with van der Waals surface area (Å²) in [5.74, 6) is -0.867. The number of halogens is 2. The number of pyridine rings is 1. The second kappa shape index (κ2) is 7.00. The maximum absolute atomic E-state index is 13.4. The molecule has 0 aliphatic rings. The molecular formula is C16H18ClFN4O2. The molecule has 0 unspecified atom stereocenters. The van der Waals surface area contributed by atoms with Gasteiger partial charge in [-0.1, -0.05) is 11.6 Å². The summed E-state index contributed by atoms with van der Waals surface area (Å²) in [6, 6.07) is 5.39. The van der Waals surface area contributed by atoms with Gasteiger partial charge in [0.25, 0.3) is 0 Å². The highest BCUT2D eigenvalue weighted by Gasteiger charge is 2.16. The summed E-state index contributed by atoms with van der Waals surface area (Å²) in [6.45, 7) is 6.40. The highest BCUT2D eigenvalue weighted by molar-refractivity contribution is 6.29. The minimum atomic E-state index is -0.867. The van der Waals surface area contributed by atoms with E-state index in [9.17, 15) is 14.5 Å². The molecule has 0 aliphatic carbocycles. The van der Waals surface area contributed by atoms with Gasteiger partial charge in [-0.3, -0.25) is 10.1 Å². The second-order valence-corrected chi connectivity index (χ2v) is 6.70. The van der Waals surface area contributed by atoms with Gasteiger partial charge in [0.05, 0.1) is 4.92 Å². The Kier molecular flexibility index (Phi) is 5.23. The quantitative estimate of drug-likeness (QED) is 0.467. The average Bonchev–Trinajstić information content (AvgIpc) is 2.46. The van der Waals surface area contributed by atoms with Crippen molar-refractivity contribution in [2.75, 3.05) is 10.6 Å². The van der Waals surface area contributed by atoms with Gasteiger partial charge in [0.1, 0.15) is 5.15 Å². The van der Waals surface area contributed by atoms with Crippen molar-refractivity contribution >= 4 is 28.7 Å². The summed E-state index contributed by atoms with van der Waals surface area (Å²) in [6.07, 6.45) is 1.63. The molecule has 1 aromatic heterocycles. The Labute approximate surface area is 144 Å². The molecule has 0 bridgehead atoms. The lowest BCUT2D eigenvalue weighted by atomic mass is 10.1. The minimum absolute atomic E-state index is 0.173. The molecule has 1 aromatic carbocycles. The Morgan fingerprint density at radius 3 is 2.67 bits per heavy atom. The number of nitro groups is 1. The van der Waals surface area contributed by atoms with Crippen LogP contribution in [0, 0.1) is 15.9 Å². The predicted octanol–water partition coefficient (Wildman–Crippen LogP) is 4.60. The molecule has 8 heteroatoms. The van der Waals surface area contributed by atoms with E-state index in [1.807, 2.05) is 20.8 Å². The van der Waals surface area contributed by atoms with Crippen LogP contribution in [-0.2, 0) is 6.54 Å². The van der Waals surface area contributed by atoms with Crippen molar-refractivity contribution in [2.24, 2.45) is 0 Å². The molecule has 0 fully saturated rings. The number of anilines is 2. The molecule has 1 heterocycles. The van der Waals surface area contributed by atoms with Crippen LogP contribution in [0.1, 0.15) is 26.3 Å². The maximum atomic E-state index is 13.4. The first-order valence-electron chi connectivity index (χ1n) is 7.26. The molecule has 0 saturated heterocycles. The van der Waals surface area contributed by atoms with Gasteiger partial charge in [-0.2, -0.15) is 4.39 Å². The van der Waals surface area contributed by atoms with Crippen LogP contribution in [0.2, 0.25) is 5.15 Å². The number of nitrogens with zero attached hydrogens (tertiary/aromatic N) is 2. The van der Waals surface area contributed by atoms with Gasteiger partial charge in [-0.05, 0) is 39.0 Å². The monoisotopic (exact) mass is 352 g/mol. The van der Waals surface area contributed by atoms with Crippen molar-refractivity contribution in [1.29, 1.82) is 0 Å². The van der Waals surface area contributed by atoms with Crippen molar-refractivity contribution in [2.45, 2.75) is 32.9 Å². The molecule has 128 valence electrons. The van der Waals surface area contributed by atoms with Crippen molar-refractivity contribution in [1.82, 2.24) is 4.98 Å². The Bertz CT molecular complexity index is 762. The number of hydrogen-bond donors (Lipinski definition) is 2. The molecular weight excluding hydrogens is 335 g/mol. The summed E-state index contributed by atoms with van der Waals surface area (Å²) >= 11 is 5.95. The molecule has 0 radical (unpaired) electrons. The zero-order valence-corrected chi connectivity index (χ0v) is 14.3. The fraction of sp³-hybridized carbons (Fsp3) is 0.312. The first kappa shape index (κ1) is 17.9. The van der Waals surface area contributed by atoms with Gasteiger partial charge in [-0.15, -0.1) is 0 Å². The number of benzene rings is 1. The van der Waals surface area contributed by atoms with Gasteiger partial charge in [0.2, 0.25) is 5.82 Å². The predicted molar refractivity (Wildman–Crippen MR) is 93.0 cm³/mol. The number of nitro benzene ring substituents is 1. The van der Waals surface area contributed by atoms with Crippen LogP contribution in [0.3, 0.4) is 0 Å². The first-order chi connectivity index (χ1) is 11.2. The van der Waals surface area contributed by atoms with Crippen LogP contribution in [0.15, 0.2) is 30.5 Å². The second-order valence-electron chi connectivity index (χ2n) is 6.32. The molecule has 2 rings (SSSR count). The topological polar surface area (TPSA) is 80.1 Å². The number of nitrogens with one attached hydrogen (secondary N) is 2. The molecule has 0 spiro atoms. The van der Waals surface area contributed by atoms with Gasteiger partial charge >= 0.3 is 5.69 Å². The lowest BCUT2D eigenvalue weighted by Crippen LogP contribution is -2.27. The highest BCUT2D eigenvalue weighted by atomic mass is 35.5. The van der Waals surface area contributed by atoms with Crippen molar-refractivity contribution in [3.05, 3.63) is 57.1 Å². The lowest BCUT2D eigenvalue weighted by molar-refractivity contribution is -0.387. The SMILES string of the molecule is CC(C)(C)Nc1cc(Cl)ncc1CNc1ccc(F)c([N+](=O)[O-])c1. The van der Waals surface area contributed by atoms with Crippen LogP contribution in [0.5, 0.6) is 0 Å². The highest BCUT2D eigenvalue weighted by Crippen LogP contribution is 2.25. The zero-order valence-electron chi connectivity index (χ0n) is 13.6. The van der Waals surface area contributed by atoms with Crippen LogP contribution in [0.4, 0.5) is 21.5 Å². The molecule has 6 nitrogen and oxygen atoms in total. The number of rotatable bonds is 5. The fourth-order valence-corrected chi connectivity index (χ4v) is 2.24. The van der Waals surface area contributed by atoms with Crippen molar-refractivity contribution in [3.63, 3.8) is 0 Å². The van der Waals surface area contributed by atoms with Crippen molar-refractivity contribution < 1.29 is 9.31 Å². The van der Waals surface area contributed by atoms with Crippen LogP contribution in [-0.4, -0.2) is 15.4 Å². The molecule has 0 saturated carbocycles. The fourth-order valence-electron chi connectivity index (χ4n) is 2.08. The third kappa shape index (κ3) is 4.79. The third-order valence-electron chi connectivity index (χ3n) is 3.09. The van der Waals surface area contributed by atoms with E-state index in [2.05, 4.69) is 15.6 Å². The third-order valence-corrected chi connectivity index (χ3v) is 3.30. The summed E-state index contributed by atoms with van der Waals surface area (Å²) in [5.41, 5.74) is 1.35. The van der Waals surface area contributed by atoms with Gasteiger partial charge in [0, 0.05) is 41.3 Å². The van der Waals surface area contributed by atoms with E-state index < -0.39 is 16.4 Å². The number of aromatic nitrogens is 1. The summed E-state index contributed by atoms with van der Waals surface area (Å²) in [4.78, 5) is 14.1. The van der Waals surface area contributed by atoms with E-state index in [1.54, 1.807) is 12.3 Å². The summed E-state index contributed by atoms with van der Waals surface area (Å²) in [7, 11) is 0. The Balaban J connectivity index is 2.20. The van der Waals surface area contributed by atoms with E-state index >= 15 is 0 Å². The molecule has 0 amide bonds. The first-order valence-corrected chi connectivity index (χ1v) is 7.64. The van der Waals surface area contributed by atoms with Crippen LogP contribution >= 0.6 is 11.6 Å². The lowest BCUT2D eigenvalue weighted by Gasteiger charge is -2.24. The van der Waals surface area contributed by atoms with E-state index in [-0.39, 0.29) is 5.54 Å². The van der Waals surface area contributed by atoms with Crippen LogP contribution < -0.4 is 10.6 Å². The minimum Gasteiger partial charge on any atom is -0.381 e. The Hall–Kier alpha value is -2.41. The Morgan fingerprint density at radius 1 is 1.33 bits per heavy atom. The maximum Gasteiger partial charge on any atom is 0.306 e. The standard InChI is InChI=1S/C16H18ClFN4O2/c1-16(2,3)21-13-7-15(17)20-9-10(13)8-19-11-4-5-12(18)14(6-11)22(23)24/h4-7,9,19H,8H2,1-3H3,(H,20,21). The normalized spacial score (nSPS) is 11.2. The average molecular weight is 353 g/mol. The van der Waals surface area contributed by atoms with Crippen molar-refractivity contribution in [3.8, 4) is 0 Å². The molecule has 2 N–H and O–H groups in total. The van der Waals surface area contributed by atoms with Gasteiger partial charge < -0.3 is 10.6 Å². The van der Waals surface area contributed by atoms with E-state index in [1.165, 1.54) is 6.07 Å². The summed E-state index contributed by atoms with van der Waals surface area (Å²) < 4.78 is 13.4. The van der Waals surface area contributed by atoms with Gasteiger partial charge in [0.15, 0.2) is 0 Å². The van der Waals surface area contributed by atoms with Crippen LogP contribution in [0.25, 0.3) is 0 Å². The molecule has 0 atom stereocenters. The number of hydrogen-bond acceptors (Lipinski definition) is 5. The van der Waals surface area contributed by atoms with E-state index in [0.717, 1.165) is 23.4 Å². The van der Waals surface area contributed by atoms with E-state index in [4.69, 9.17) is 11.6 Å². The summed E-state index contributed by atoms with van der Waals surface area (Å²) in [5, 5.41) is 17.5. The zero-order chi connectivity index (χ0) is 17.9. The van der Waals surface area contributed by atoms with E-state index in [0.29, 0.717) is 17.4 Å². The molecule has 0 aliphatic heterocycles. The smallest absolute Gasteiger partial charge is 0.306 e. The molecule has 24 heavy (non-hydrogen) atoms. The molecule has 2 aromatic rings. The van der Waals surface area contributed by atoms with Gasteiger partial charge in [-0.25, -0.2) is 4.98 Å².